The van der Waals surface area contributed by atoms with E-state index in [1.54, 1.807) is 0 Å². The molecule has 0 spiro atoms. The molecule has 138 valence electrons. The fourth-order valence-corrected chi connectivity index (χ4v) is 3.94. The quantitative estimate of drug-likeness (QED) is 0.847. The van der Waals surface area contributed by atoms with E-state index in [-0.39, 0.29) is 11.9 Å². The SMILES string of the molecule is CN1CCCCC[C@@H]1C(=O)NCCC(c1ccccc1)c1ccccc1. The summed E-state index contributed by atoms with van der Waals surface area (Å²) in [5, 5.41) is 3.20. The molecule has 2 aromatic carbocycles. The third kappa shape index (κ3) is 4.95. The molecule has 1 saturated heterocycles. The zero-order chi connectivity index (χ0) is 18.2. The van der Waals surface area contributed by atoms with Crippen molar-refractivity contribution in [2.75, 3.05) is 20.1 Å². The minimum atomic E-state index is 0.0319. The van der Waals surface area contributed by atoms with Gasteiger partial charge in [0, 0.05) is 12.5 Å². The van der Waals surface area contributed by atoms with Crippen LogP contribution in [-0.4, -0.2) is 37.0 Å². The van der Waals surface area contributed by atoms with Gasteiger partial charge in [-0.15, -0.1) is 0 Å². The highest BCUT2D eigenvalue weighted by atomic mass is 16.2. The molecule has 0 saturated carbocycles. The minimum absolute atomic E-state index is 0.0319. The molecule has 1 fully saturated rings. The predicted molar refractivity (Wildman–Crippen MR) is 107 cm³/mol. The lowest BCUT2D eigenvalue weighted by atomic mass is 9.88. The lowest BCUT2D eigenvalue weighted by Gasteiger charge is -2.25. The topological polar surface area (TPSA) is 32.3 Å². The van der Waals surface area contributed by atoms with Gasteiger partial charge in [0.15, 0.2) is 0 Å². The maximum Gasteiger partial charge on any atom is 0.237 e. The van der Waals surface area contributed by atoms with Gasteiger partial charge in [-0.25, -0.2) is 0 Å². The number of rotatable bonds is 6. The van der Waals surface area contributed by atoms with E-state index in [1.807, 2.05) is 0 Å². The van der Waals surface area contributed by atoms with Gasteiger partial charge in [-0.1, -0.05) is 73.5 Å². The van der Waals surface area contributed by atoms with Crippen molar-refractivity contribution >= 4 is 5.91 Å². The molecule has 2 aromatic rings. The van der Waals surface area contributed by atoms with Crippen LogP contribution in [0.1, 0.15) is 49.1 Å². The third-order valence-electron chi connectivity index (χ3n) is 5.46. The lowest BCUT2D eigenvalue weighted by molar-refractivity contribution is -0.126. The average Bonchev–Trinajstić information content (AvgIpc) is 2.91. The van der Waals surface area contributed by atoms with Crippen LogP contribution in [0.5, 0.6) is 0 Å². The third-order valence-corrected chi connectivity index (χ3v) is 5.46. The molecule has 1 amide bonds. The van der Waals surface area contributed by atoms with E-state index in [4.69, 9.17) is 0 Å². The van der Waals surface area contributed by atoms with Gasteiger partial charge in [0.05, 0.1) is 6.04 Å². The number of carbonyl (C=O) groups is 1. The highest BCUT2D eigenvalue weighted by Gasteiger charge is 2.24. The lowest BCUT2D eigenvalue weighted by Crippen LogP contribution is -2.45. The molecule has 1 atom stereocenters. The van der Waals surface area contributed by atoms with Gasteiger partial charge in [0.2, 0.25) is 5.91 Å². The van der Waals surface area contributed by atoms with Crippen molar-refractivity contribution < 1.29 is 4.79 Å². The molecule has 0 unspecified atom stereocenters. The number of benzene rings is 2. The van der Waals surface area contributed by atoms with Crippen molar-refractivity contribution in [3.8, 4) is 0 Å². The molecule has 1 heterocycles. The van der Waals surface area contributed by atoms with Crippen molar-refractivity contribution in [3.05, 3.63) is 71.8 Å². The van der Waals surface area contributed by atoms with E-state index in [1.165, 1.54) is 24.0 Å². The van der Waals surface area contributed by atoms with Crippen LogP contribution in [0.4, 0.5) is 0 Å². The number of nitrogens with zero attached hydrogens (tertiary/aromatic N) is 1. The Morgan fingerprint density at radius 3 is 2.23 bits per heavy atom. The summed E-state index contributed by atoms with van der Waals surface area (Å²) in [5.41, 5.74) is 2.61. The number of hydrogen-bond acceptors (Lipinski definition) is 2. The molecule has 1 aliphatic rings. The standard InChI is InChI=1S/C23H30N2O/c1-25-18-10-4-9-15-22(25)23(26)24-17-16-21(19-11-5-2-6-12-19)20-13-7-3-8-14-20/h2-3,5-8,11-14,21-22H,4,9-10,15-18H2,1H3,(H,24,26)/t22-/m1/s1. The van der Waals surface area contributed by atoms with Crippen LogP contribution in [0.2, 0.25) is 0 Å². The largest absolute Gasteiger partial charge is 0.355 e. The summed E-state index contributed by atoms with van der Waals surface area (Å²) in [6.07, 6.45) is 5.47. The molecule has 3 rings (SSSR count). The number of carbonyl (C=O) groups excluding carboxylic acids is 1. The second-order valence-electron chi connectivity index (χ2n) is 7.30. The fourth-order valence-electron chi connectivity index (χ4n) is 3.94. The summed E-state index contributed by atoms with van der Waals surface area (Å²) in [7, 11) is 2.08. The first kappa shape index (κ1) is 18.7. The summed E-state index contributed by atoms with van der Waals surface area (Å²) in [6.45, 7) is 1.73. The zero-order valence-corrected chi connectivity index (χ0v) is 15.7. The molecule has 3 heteroatoms. The van der Waals surface area contributed by atoms with Gasteiger partial charge in [0.25, 0.3) is 0 Å². The van der Waals surface area contributed by atoms with Crippen molar-refractivity contribution in [2.24, 2.45) is 0 Å². The van der Waals surface area contributed by atoms with Crippen molar-refractivity contribution in [3.63, 3.8) is 0 Å². The second kappa shape index (κ2) is 9.54. The smallest absolute Gasteiger partial charge is 0.237 e. The predicted octanol–water partition coefficient (Wildman–Crippen LogP) is 4.20. The number of likely N-dealkylation sites (N-methyl/N-ethyl adjacent to an activating group) is 1. The monoisotopic (exact) mass is 350 g/mol. The van der Waals surface area contributed by atoms with Crippen LogP contribution in [0.25, 0.3) is 0 Å². The van der Waals surface area contributed by atoms with Gasteiger partial charge in [-0.3, -0.25) is 9.69 Å². The highest BCUT2D eigenvalue weighted by molar-refractivity contribution is 5.81. The molecule has 0 radical (unpaired) electrons. The molecular formula is C23H30N2O. The molecule has 3 nitrogen and oxygen atoms in total. The summed E-state index contributed by atoms with van der Waals surface area (Å²) in [6, 6.07) is 21.2. The summed E-state index contributed by atoms with van der Waals surface area (Å²) < 4.78 is 0. The van der Waals surface area contributed by atoms with E-state index in [9.17, 15) is 4.79 Å². The molecule has 0 aromatic heterocycles. The molecular weight excluding hydrogens is 320 g/mol. The van der Waals surface area contributed by atoms with E-state index in [2.05, 4.69) is 77.9 Å². The Morgan fingerprint density at radius 1 is 1.00 bits per heavy atom. The van der Waals surface area contributed by atoms with Gasteiger partial charge in [-0.2, -0.15) is 0 Å². The van der Waals surface area contributed by atoms with E-state index in [0.717, 1.165) is 25.8 Å². The van der Waals surface area contributed by atoms with Gasteiger partial charge in [0.1, 0.15) is 0 Å². The Kier molecular flexibility index (Phi) is 6.84. The number of hydrogen-bond donors (Lipinski definition) is 1. The summed E-state index contributed by atoms with van der Waals surface area (Å²) in [5.74, 6) is 0.499. The Balaban J connectivity index is 1.62. The molecule has 1 N–H and O–H groups in total. The number of likely N-dealkylation sites (tertiary alicyclic amines) is 1. The van der Waals surface area contributed by atoms with Crippen LogP contribution in [-0.2, 0) is 4.79 Å². The van der Waals surface area contributed by atoms with Crippen LogP contribution in [0.15, 0.2) is 60.7 Å². The van der Waals surface area contributed by atoms with Crippen molar-refractivity contribution in [1.82, 2.24) is 10.2 Å². The highest BCUT2D eigenvalue weighted by Crippen LogP contribution is 2.27. The molecule has 0 aliphatic carbocycles. The van der Waals surface area contributed by atoms with Crippen molar-refractivity contribution in [2.45, 2.75) is 44.1 Å². The Bertz CT molecular complexity index is 632. The number of amides is 1. The van der Waals surface area contributed by atoms with Gasteiger partial charge < -0.3 is 5.32 Å². The molecule has 26 heavy (non-hydrogen) atoms. The van der Waals surface area contributed by atoms with E-state index < -0.39 is 0 Å². The fraction of sp³-hybridized carbons (Fsp3) is 0.435. The van der Waals surface area contributed by atoms with E-state index >= 15 is 0 Å². The molecule has 0 bridgehead atoms. The summed E-state index contributed by atoms with van der Waals surface area (Å²) >= 11 is 0. The molecule has 1 aliphatic heterocycles. The Morgan fingerprint density at radius 2 is 1.62 bits per heavy atom. The minimum Gasteiger partial charge on any atom is -0.355 e. The van der Waals surface area contributed by atoms with Crippen LogP contribution >= 0.6 is 0 Å². The van der Waals surface area contributed by atoms with E-state index in [0.29, 0.717) is 12.5 Å². The second-order valence-corrected chi connectivity index (χ2v) is 7.30. The van der Waals surface area contributed by atoms with Gasteiger partial charge >= 0.3 is 0 Å². The Labute approximate surface area is 157 Å². The number of nitrogens with one attached hydrogen (secondary N) is 1. The maximum absolute atomic E-state index is 12.7. The van der Waals surface area contributed by atoms with Crippen LogP contribution in [0.3, 0.4) is 0 Å². The van der Waals surface area contributed by atoms with Crippen LogP contribution in [0, 0.1) is 0 Å². The maximum atomic E-state index is 12.7. The average molecular weight is 351 g/mol. The zero-order valence-electron chi connectivity index (χ0n) is 15.7. The first-order valence-corrected chi connectivity index (χ1v) is 9.83. The summed E-state index contributed by atoms with van der Waals surface area (Å²) in [4.78, 5) is 14.9. The van der Waals surface area contributed by atoms with Crippen molar-refractivity contribution in [1.29, 1.82) is 0 Å². The normalized spacial score (nSPS) is 18.5. The first-order chi connectivity index (χ1) is 12.8. The Hall–Kier alpha value is -2.13. The van der Waals surface area contributed by atoms with Gasteiger partial charge in [-0.05, 0) is 44.0 Å². The van der Waals surface area contributed by atoms with Crippen LogP contribution < -0.4 is 5.32 Å². The first-order valence-electron chi connectivity index (χ1n) is 9.83.